The summed E-state index contributed by atoms with van der Waals surface area (Å²) in [4.78, 5) is 11.8. The molecular weight excluding hydrogens is 240 g/mol. The second kappa shape index (κ2) is 5.83. The van der Waals surface area contributed by atoms with Gasteiger partial charge in [0.25, 0.3) is 0 Å². The molecule has 0 unspecified atom stereocenters. The minimum Gasteiger partial charge on any atom is -0.350 e. The number of nitriles is 1. The molecule has 1 amide bonds. The smallest absolute Gasteiger partial charge is 0.224 e. The zero-order chi connectivity index (χ0) is 13.7. The number of rotatable bonds is 4. The first-order chi connectivity index (χ1) is 9.19. The molecule has 0 spiro atoms. The summed E-state index contributed by atoms with van der Waals surface area (Å²) in [7, 11) is 1.84. The van der Waals surface area contributed by atoms with Crippen molar-refractivity contribution >= 4 is 5.91 Å². The molecule has 5 nitrogen and oxygen atoms in total. The predicted octanol–water partition coefficient (Wildman–Crippen LogP) is 1.15. The van der Waals surface area contributed by atoms with Gasteiger partial charge in [-0.1, -0.05) is 12.1 Å². The fraction of sp³-hybridized carbons (Fsp3) is 0.214. The molecule has 96 valence electrons. The third-order valence-corrected chi connectivity index (χ3v) is 2.84. The fourth-order valence-corrected chi connectivity index (χ4v) is 1.71. The Morgan fingerprint density at radius 3 is 2.68 bits per heavy atom. The summed E-state index contributed by atoms with van der Waals surface area (Å²) in [6.07, 6.45) is 2.01. The fourth-order valence-electron chi connectivity index (χ4n) is 1.71. The molecule has 0 saturated carbocycles. The summed E-state index contributed by atoms with van der Waals surface area (Å²) in [5.74, 6) is -0.0501. The second-order valence-corrected chi connectivity index (χ2v) is 4.21. The monoisotopic (exact) mass is 254 g/mol. The number of benzene rings is 1. The third kappa shape index (κ3) is 3.42. The Morgan fingerprint density at radius 2 is 2.11 bits per heavy atom. The lowest BCUT2D eigenvalue weighted by Crippen LogP contribution is -2.25. The van der Waals surface area contributed by atoms with E-state index in [1.807, 2.05) is 19.2 Å². The van der Waals surface area contributed by atoms with Crippen LogP contribution in [-0.2, 0) is 24.8 Å². The van der Waals surface area contributed by atoms with Crippen molar-refractivity contribution in [2.45, 2.75) is 13.0 Å². The quantitative estimate of drug-likeness (QED) is 0.889. The SMILES string of the molecule is Cn1nccc1CNC(=O)Cc1ccc(C#N)cc1. The minimum atomic E-state index is -0.0501. The van der Waals surface area contributed by atoms with E-state index < -0.39 is 0 Å². The van der Waals surface area contributed by atoms with Crippen LogP contribution in [0, 0.1) is 11.3 Å². The maximum Gasteiger partial charge on any atom is 0.224 e. The van der Waals surface area contributed by atoms with Gasteiger partial charge in [-0.25, -0.2) is 0 Å². The van der Waals surface area contributed by atoms with Gasteiger partial charge in [0.2, 0.25) is 5.91 Å². The molecule has 2 rings (SSSR count). The molecular formula is C14H14N4O. The highest BCUT2D eigenvalue weighted by Crippen LogP contribution is 2.04. The van der Waals surface area contributed by atoms with Crippen molar-refractivity contribution in [2.75, 3.05) is 0 Å². The summed E-state index contributed by atoms with van der Waals surface area (Å²) in [5, 5.41) is 15.6. The highest BCUT2D eigenvalue weighted by atomic mass is 16.1. The number of nitrogens with zero attached hydrogens (tertiary/aromatic N) is 3. The normalized spacial score (nSPS) is 9.89. The second-order valence-electron chi connectivity index (χ2n) is 4.21. The van der Waals surface area contributed by atoms with Crippen molar-refractivity contribution in [2.24, 2.45) is 7.05 Å². The zero-order valence-corrected chi connectivity index (χ0v) is 10.6. The van der Waals surface area contributed by atoms with Crippen LogP contribution < -0.4 is 5.32 Å². The van der Waals surface area contributed by atoms with E-state index in [9.17, 15) is 4.79 Å². The van der Waals surface area contributed by atoms with Crippen LogP contribution in [0.25, 0.3) is 0 Å². The van der Waals surface area contributed by atoms with Crippen molar-refractivity contribution in [3.8, 4) is 6.07 Å². The number of hydrogen-bond acceptors (Lipinski definition) is 3. The minimum absolute atomic E-state index is 0.0501. The molecule has 0 atom stereocenters. The Labute approximate surface area is 111 Å². The van der Waals surface area contributed by atoms with E-state index >= 15 is 0 Å². The third-order valence-electron chi connectivity index (χ3n) is 2.84. The molecule has 1 heterocycles. The van der Waals surface area contributed by atoms with Crippen molar-refractivity contribution in [1.29, 1.82) is 5.26 Å². The van der Waals surface area contributed by atoms with Crippen molar-refractivity contribution in [3.63, 3.8) is 0 Å². The lowest BCUT2D eigenvalue weighted by atomic mass is 10.1. The van der Waals surface area contributed by atoms with Gasteiger partial charge in [0.1, 0.15) is 0 Å². The highest BCUT2D eigenvalue weighted by Gasteiger charge is 2.05. The number of amides is 1. The van der Waals surface area contributed by atoms with Crippen LogP contribution in [-0.4, -0.2) is 15.7 Å². The van der Waals surface area contributed by atoms with E-state index in [4.69, 9.17) is 5.26 Å². The lowest BCUT2D eigenvalue weighted by Gasteiger charge is -2.05. The molecule has 5 heteroatoms. The van der Waals surface area contributed by atoms with Crippen molar-refractivity contribution in [1.82, 2.24) is 15.1 Å². The summed E-state index contributed by atoms with van der Waals surface area (Å²) in [6.45, 7) is 0.464. The van der Waals surface area contributed by atoms with Gasteiger partial charge >= 0.3 is 0 Å². The summed E-state index contributed by atoms with van der Waals surface area (Å²) in [6, 6.07) is 10.9. The van der Waals surface area contributed by atoms with E-state index in [1.165, 1.54) is 0 Å². The number of carbonyl (C=O) groups excluding carboxylic acids is 1. The number of hydrogen-bond donors (Lipinski definition) is 1. The van der Waals surface area contributed by atoms with Gasteiger partial charge in [-0.15, -0.1) is 0 Å². The standard InChI is InChI=1S/C14H14N4O/c1-18-13(6-7-17-18)10-16-14(19)8-11-2-4-12(9-15)5-3-11/h2-7H,8,10H2,1H3,(H,16,19). The summed E-state index contributed by atoms with van der Waals surface area (Å²) >= 11 is 0. The molecule has 1 N–H and O–H groups in total. The van der Waals surface area contributed by atoms with Crippen molar-refractivity contribution < 1.29 is 4.79 Å². The Bertz CT molecular complexity index is 607. The predicted molar refractivity (Wildman–Crippen MR) is 69.9 cm³/mol. The van der Waals surface area contributed by atoms with Crippen LogP contribution in [0.1, 0.15) is 16.8 Å². The van der Waals surface area contributed by atoms with Crippen LogP contribution in [0.5, 0.6) is 0 Å². The van der Waals surface area contributed by atoms with Gasteiger partial charge in [0, 0.05) is 13.2 Å². The summed E-state index contributed by atoms with van der Waals surface area (Å²) in [5.41, 5.74) is 2.44. The maximum atomic E-state index is 11.8. The number of nitrogens with one attached hydrogen (secondary N) is 1. The Morgan fingerprint density at radius 1 is 1.37 bits per heavy atom. The van der Waals surface area contributed by atoms with Gasteiger partial charge < -0.3 is 5.32 Å². The van der Waals surface area contributed by atoms with E-state index in [0.717, 1.165) is 11.3 Å². The molecule has 1 aromatic heterocycles. The average molecular weight is 254 g/mol. The van der Waals surface area contributed by atoms with E-state index in [2.05, 4.69) is 10.4 Å². The Kier molecular flexibility index (Phi) is 3.94. The molecule has 1 aromatic carbocycles. The zero-order valence-electron chi connectivity index (χ0n) is 10.6. The van der Waals surface area contributed by atoms with Crippen LogP contribution >= 0.6 is 0 Å². The lowest BCUT2D eigenvalue weighted by molar-refractivity contribution is -0.120. The Hall–Kier alpha value is -2.61. The number of aromatic nitrogens is 2. The van der Waals surface area contributed by atoms with Gasteiger partial charge in [-0.05, 0) is 23.8 Å². The van der Waals surface area contributed by atoms with Crippen LogP contribution in [0.2, 0.25) is 0 Å². The molecule has 0 saturated heterocycles. The van der Waals surface area contributed by atoms with Crippen LogP contribution in [0.3, 0.4) is 0 Å². The Balaban J connectivity index is 1.87. The maximum absolute atomic E-state index is 11.8. The summed E-state index contributed by atoms with van der Waals surface area (Å²) < 4.78 is 1.72. The van der Waals surface area contributed by atoms with Crippen LogP contribution in [0.4, 0.5) is 0 Å². The molecule has 0 aliphatic carbocycles. The highest BCUT2D eigenvalue weighted by molar-refractivity contribution is 5.78. The number of aryl methyl sites for hydroxylation is 1. The number of carbonyl (C=O) groups is 1. The van der Waals surface area contributed by atoms with E-state index in [0.29, 0.717) is 18.5 Å². The topological polar surface area (TPSA) is 70.7 Å². The molecule has 0 aliphatic heterocycles. The first-order valence-corrected chi connectivity index (χ1v) is 5.91. The van der Waals surface area contributed by atoms with E-state index in [1.54, 1.807) is 35.1 Å². The first kappa shape index (κ1) is 12.8. The van der Waals surface area contributed by atoms with Gasteiger partial charge in [0.15, 0.2) is 0 Å². The van der Waals surface area contributed by atoms with Crippen molar-refractivity contribution in [3.05, 3.63) is 53.3 Å². The molecule has 2 aromatic rings. The molecule has 0 fully saturated rings. The largest absolute Gasteiger partial charge is 0.350 e. The average Bonchev–Trinajstić information content (AvgIpc) is 2.83. The van der Waals surface area contributed by atoms with Gasteiger partial charge in [0.05, 0.1) is 30.3 Å². The molecule has 0 aliphatic rings. The van der Waals surface area contributed by atoms with Gasteiger partial charge in [-0.2, -0.15) is 10.4 Å². The van der Waals surface area contributed by atoms with Crippen LogP contribution in [0.15, 0.2) is 36.5 Å². The van der Waals surface area contributed by atoms with E-state index in [-0.39, 0.29) is 5.91 Å². The molecule has 0 bridgehead atoms. The molecule has 0 radical (unpaired) electrons. The van der Waals surface area contributed by atoms with Gasteiger partial charge in [-0.3, -0.25) is 9.48 Å². The molecule has 19 heavy (non-hydrogen) atoms. The first-order valence-electron chi connectivity index (χ1n) is 5.91.